The summed E-state index contributed by atoms with van der Waals surface area (Å²) in [4.78, 5) is 0. The predicted octanol–water partition coefficient (Wildman–Crippen LogP) is 5.70. The molecule has 5 rings (SSSR count). The molecule has 0 spiro atoms. The maximum atomic E-state index is 10.4. The Morgan fingerprint density at radius 2 is 1.53 bits per heavy atom. The van der Waals surface area contributed by atoms with E-state index in [0.717, 1.165) is 32.8 Å². The highest BCUT2D eigenvalue weighted by atomic mass is 16.5. The SMILES string of the molecule is CC(C)(O)C(C)(C)O[B]c1cccc2oc3cc4ccc5ccccc5c4cc3c12. The van der Waals surface area contributed by atoms with Crippen molar-refractivity contribution in [2.75, 3.05) is 0 Å². The largest absolute Gasteiger partial charge is 0.456 e. The van der Waals surface area contributed by atoms with Crippen molar-refractivity contribution in [3.63, 3.8) is 0 Å². The van der Waals surface area contributed by atoms with Crippen LogP contribution in [0, 0.1) is 0 Å². The van der Waals surface area contributed by atoms with Crippen molar-refractivity contribution in [1.29, 1.82) is 0 Å². The monoisotopic (exact) mass is 395 g/mol. The molecule has 1 aromatic heterocycles. The van der Waals surface area contributed by atoms with Gasteiger partial charge in [-0.05, 0) is 72.9 Å². The van der Waals surface area contributed by atoms with Crippen molar-refractivity contribution in [2.45, 2.75) is 38.9 Å². The lowest BCUT2D eigenvalue weighted by atomic mass is 9.80. The van der Waals surface area contributed by atoms with Gasteiger partial charge < -0.3 is 14.2 Å². The van der Waals surface area contributed by atoms with Crippen LogP contribution in [0.5, 0.6) is 0 Å². The second-order valence-electron chi connectivity index (χ2n) is 8.98. The fraction of sp³-hybridized carbons (Fsp3) is 0.231. The maximum absolute atomic E-state index is 10.4. The van der Waals surface area contributed by atoms with Crippen LogP contribution in [0.4, 0.5) is 0 Å². The lowest BCUT2D eigenvalue weighted by Gasteiger charge is -2.37. The summed E-state index contributed by atoms with van der Waals surface area (Å²) < 4.78 is 12.2. The molecule has 0 aliphatic carbocycles. The number of aliphatic hydroxyl groups is 1. The van der Waals surface area contributed by atoms with Crippen LogP contribution in [0.2, 0.25) is 0 Å². The van der Waals surface area contributed by atoms with E-state index in [1.807, 2.05) is 32.0 Å². The average molecular weight is 395 g/mol. The van der Waals surface area contributed by atoms with Crippen LogP contribution in [0.25, 0.3) is 43.5 Å². The second kappa shape index (κ2) is 6.59. The van der Waals surface area contributed by atoms with Crippen molar-refractivity contribution in [2.24, 2.45) is 0 Å². The Hall–Kier alpha value is -2.82. The minimum Gasteiger partial charge on any atom is -0.456 e. The van der Waals surface area contributed by atoms with E-state index in [1.54, 1.807) is 21.3 Å². The van der Waals surface area contributed by atoms with E-state index >= 15 is 0 Å². The van der Waals surface area contributed by atoms with Crippen LogP contribution >= 0.6 is 0 Å². The molecule has 0 atom stereocenters. The van der Waals surface area contributed by atoms with Gasteiger partial charge in [0.05, 0.1) is 11.2 Å². The summed E-state index contributed by atoms with van der Waals surface area (Å²) in [7, 11) is 1.74. The molecular formula is C26H24BO3. The Bertz CT molecular complexity index is 1410. The van der Waals surface area contributed by atoms with Crippen molar-refractivity contribution >= 4 is 56.4 Å². The molecule has 0 bridgehead atoms. The molecule has 0 saturated carbocycles. The van der Waals surface area contributed by atoms with E-state index in [2.05, 4.69) is 48.5 Å². The van der Waals surface area contributed by atoms with E-state index in [0.29, 0.717) is 0 Å². The summed E-state index contributed by atoms with van der Waals surface area (Å²) in [5.41, 5.74) is 0.893. The van der Waals surface area contributed by atoms with Gasteiger partial charge in [0.2, 0.25) is 0 Å². The third-order valence-corrected chi connectivity index (χ3v) is 6.35. The highest BCUT2D eigenvalue weighted by molar-refractivity contribution is 6.53. The van der Waals surface area contributed by atoms with Gasteiger partial charge in [0.25, 0.3) is 0 Å². The number of hydrogen-bond donors (Lipinski definition) is 1. The van der Waals surface area contributed by atoms with Gasteiger partial charge in [-0.2, -0.15) is 0 Å². The molecule has 0 amide bonds. The lowest BCUT2D eigenvalue weighted by Crippen LogP contribution is -2.49. The van der Waals surface area contributed by atoms with Crippen LogP contribution in [-0.2, 0) is 4.65 Å². The Morgan fingerprint density at radius 3 is 2.33 bits per heavy atom. The number of hydrogen-bond acceptors (Lipinski definition) is 3. The van der Waals surface area contributed by atoms with E-state index in [4.69, 9.17) is 9.07 Å². The molecule has 0 aliphatic rings. The summed E-state index contributed by atoms with van der Waals surface area (Å²) >= 11 is 0. The molecule has 1 radical (unpaired) electrons. The molecule has 0 unspecified atom stereocenters. The smallest absolute Gasteiger partial charge is 0.331 e. The molecule has 30 heavy (non-hydrogen) atoms. The topological polar surface area (TPSA) is 42.6 Å². The Kier molecular flexibility index (Phi) is 4.21. The highest BCUT2D eigenvalue weighted by Gasteiger charge is 2.36. The highest BCUT2D eigenvalue weighted by Crippen LogP contribution is 2.34. The number of furan rings is 1. The van der Waals surface area contributed by atoms with Gasteiger partial charge in [0, 0.05) is 10.8 Å². The minimum atomic E-state index is -0.981. The Labute approximate surface area is 176 Å². The molecule has 4 heteroatoms. The first-order valence-corrected chi connectivity index (χ1v) is 10.2. The zero-order valence-electron chi connectivity index (χ0n) is 17.7. The van der Waals surface area contributed by atoms with Crippen molar-refractivity contribution in [3.05, 3.63) is 66.7 Å². The van der Waals surface area contributed by atoms with Gasteiger partial charge in [0.15, 0.2) is 0 Å². The summed E-state index contributed by atoms with van der Waals surface area (Å²) in [5.74, 6) is 0. The van der Waals surface area contributed by atoms with Gasteiger partial charge in [-0.1, -0.05) is 48.5 Å². The summed E-state index contributed by atoms with van der Waals surface area (Å²) in [6.07, 6.45) is 0. The Morgan fingerprint density at radius 1 is 0.767 bits per heavy atom. The van der Waals surface area contributed by atoms with E-state index in [9.17, 15) is 5.11 Å². The first-order valence-electron chi connectivity index (χ1n) is 10.2. The van der Waals surface area contributed by atoms with Crippen LogP contribution in [-0.4, -0.2) is 23.8 Å². The zero-order valence-corrected chi connectivity index (χ0v) is 17.7. The van der Waals surface area contributed by atoms with Crippen LogP contribution in [0.3, 0.4) is 0 Å². The van der Waals surface area contributed by atoms with E-state index in [1.165, 1.54) is 16.2 Å². The molecule has 0 aliphatic heterocycles. The lowest BCUT2D eigenvalue weighted by molar-refractivity contribution is -0.0893. The maximum Gasteiger partial charge on any atom is 0.331 e. The summed E-state index contributed by atoms with van der Waals surface area (Å²) in [6.45, 7) is 7.28. The van der Waals surface area contributed by atoms with Gasteiger partial charge in [0.1, 0.15) is 11.2 Å². The van der Waals surface area contributed by atoms with Gasteiger partial charge in [-0.25, -0.2) is 0 Å². The number of rotatable bonds is 4. The first kappa shape index (κ1) is 19.2. The second-order valence-corrected chi connectivity index (χ2v) is 8.98. The fourth-order valence-corrected chi connectivity index (χ4v) is 3.81. The quantitative estimate of drug-likeness (QED) is 0.313. The van der Waals surface area contributed by atoms with E-state index in [-0.39, 0.29) is 0 Å². The summed E-state index contributed by atoms with van der Waals surface area (Å²) in [5, 5.41) is 17.3. The zero-order chi connectivity index (χ0) is 21.1. The van der Waals surface area contributed by atoms with Gasteiger partial charge in [-0.15, -0.1) is 0 Å². The van der Waals surface area contributed by atoms with Crippen LogP contribution in [0.15, 0.2) is 71.1 Å². The van der Waals surface area contributed by atoms with Crippen molar-refractivity contribution < 1.29 is 14.2 Å². The average Bonchev–Trinajstić information content (AvgIpc) is 3.08. The third-order valence-electron chi connectivity index (χ3n) is 6.35. The van der Waals surface area contributed by atoms with Crippen molar-refractivity contribution in [3.8, 4) is 0 Å². The van der Waals surface area contributed by atoms with Crippen molar-refractivity contribution in [1.82, 2.24) is 0 Å². The number of benzene rings is 4. The minimum absolute atomic E-state index is 0.738. The molecule has 1 heterocycles. The third kappa shape index (κ3) is 2.99. The molecular weight excluding hydrogens is 371 g/mol. The van der Waals surface area contributed by atoms with Crippen LogP contribution < -0.4 is 5.46 Å². The normalized spacial score (nSPS) is 13.0. The molecule has 4 aromatic carbocycles. The molecule has 5 aromatic rings. The van der Waals surface area contributed by atoms with Gasteiger partial charge >= 0.3 is 7.48 Å². The van der Waals surface area contributed by atoms with Crippen LogP contribution in [0.1, 0.15) is 27.7 Å². The Balaban J connectivity index is 1.71. The molecule has 1 N–H and O–H groups in total. The molecule has 3 nitrogen and oxygen atoms in total. The fourth-order valence-electron chi connectivity index (χ4n) is 3.81. The van der Waals surface area contributed by atoms with E-state index < -0.39 is 11.2 Å². The summed E-state index contributed by atoms with van der Waals surface area (Å²) in [6, 6.07) is 23.0. The predicted molar refractivity (Wildman–Crippen MR) is 126 cm³/mol. The standard InChI is InChI=1S/C26H24BO3/c1-25(2,28)26(3,4)30-27-21-10-7-11-22-24(21)20-15-19-17(14-23(20)29-22)13-12-16-8-5-6-9-18(16)19/h5-15,28H,1-4H3. The number of fused-ring (bicyclic) bond motifs is 6. The molecule has 149 valence electrons. The molecule has 0 fully saturated rings. The first-order chi connectivity index (χ1) is 14.2. The van der Waals surface area contributed by atoms with Gasteiger partial charge in [-0.3, -0.25) is 0 Å². The molecule has 0 saturated heterocycles.